The first-order valence-corrected chi connectivity index (χ1v) is 9.79. The highest BCUT2D eigenvalue weighted by atomic mass is 32.2. The van der Waals surface area contributed by atoms with Crippen molar-refractivity contribution in [3.05, 3.63) is 18.0 Å². The van der Waals surface area contributed by atoms with Gasteiger partial charge in [-0.15, -0.1) is 0 Å². The number of fused-ring (bicyclic) bond motifs is 1. The van der Waals surface area contributed by atoms with Gasteiger partial charge in [0.15, 0.2) is 0 Å². The summed E-state index contributed by atoms with van der Waals surface area (Å²) < 4.78 is 25.3. The van der Waals surface area contributed by atoms with Gasteiger partial charge in [0.05, 0.1) is 11.7 Å². The van der Waals surface area contributed by atoms with Crippen molar-refractivity contribution in [2.75, 3.05) is 37.3 Å². The first kappa shape index (κ1) is 17.1. The van der Waals surface area contributed by atoms with Crippen LogP contribution in [0.25, 0.3) is 0 Å². The Kier molecular flexibility index (Phi) is 4.25. The van der Waals surface area contributed by atoms with Gasteiger partial charge in [-0.25, -0.2) is 22.7 Å². The van der Waals surface area contributed by atoms with E-state index in [1.807, 2.05) is 11.8 Å². The van der Waals surface area contributed by atoms with Gasteiger partial charge in [0.25, 0.3) is 0 Å². The van der Waals surface area contributed by atoms with E-state index in [1.165, 1.54) is 10.6 Å². The second-order valence-corrected chi connectivity index (χ2v) is 8.81. The molecule has 0 aliphatic carbocycles. The lowest BCUT2D eigenvalue weighted by Crippen LogP contribution is -2.42. The number of sulfonamides is 1. The number of nitrogens with zero attached hydrogens (tertiary/aromatic N) is 4. The number of aromatic nitrogens is 2. The molecule has 1 N–H and O–H groups in total. The minimum Gasteiger partial charge on any atom is -0.481 e. The summed E-state index contributed by atoms with van der Waals surface area (Å²) in [6, 6.07) is 0. The Morgan fingerprint density at radius 1 is 1.33 bits per heavy atom. The third-order valence-corrected chi connectivity index (χ3v) is 6.36. The SMILES string of the molecule is Cc1cnc(N2C[C@H]3CN(S(C)(=O)=O)CCC[C@@]3(C(=O)O)C2)nc1. The van der Waals surface area contributed by atoms with Gasteiger partial charge in [-0.05, 0) is 25.3 Å². The molecular weight excluding hydrogens is 332 g/mol. The summed E-state index contributed by atoms with van der Waals surface area (Å²) in [5.41, 5.74) is -0.0170. The summed E-state index contributed by atoms with van der Waals surface area (Å²) in [6.45, 7) is 3.26. The van der Waals surface area contributed by atoms with Crippen molar-refractivity contribution in [1.29, 1.82) is 0 Å². The molecule has 3 heterocycles. The predicted molar refractivity (Wildman–Crippen MR) is 88.2 cm³/mol. The number of aliphatic carboxylic acids is 1. The molecular formula is C15H22N4O4S. The van der Waals surface area contributed by atoms with Crippen molar-refractivity contribution in [2.45, 2.75) is 19.8 Å². The van der Waals surface area contributed by atoms with E-state index < -0.39 is 21.4 Å². The third kappa shape index (κ3) is 2.98. The van der Waals surface area contributed by atoms with E-state index >= 15 is 0 Å². The number of hydrogen-bond donors (Lipinski definition) is 1. The second kappa shape index (κ2) is 5.96. The molecule has 0 spiro atoms. The highest BCUT2D eigenvalue weighted by Gasteiger charge is 2.54. The molecule has 0 aromatic carbocycles. The molecule has 1 aromatic rings. The Balaban J connectivity index is 1.92. The lowest BCUT2D eigenvalue weighted by atomic mass is 9.75. The van der Waals surface area contributed by atoms with E-state index in [9.17, 15) is 18.3 Å². The first-order valence-electron chi connectivity index (χ1n) is 7.94. The zero-order valence-electron chi connectivity index (χ0n) is 13.8. The molecule has 3 rings (SSSR count). The third-order valence-electron chi connectivity index (χ3n) is 5.09. The molecule has 0 radical (unpaired) electrons. The minimum atomic E-state index is -3.34. The van der Waals surface area contributed by atoms with Gasteiger partial charge in [-0.3, -0.25) is 4.79 Å². The fourth-order valence-electron chi connectivity index (χ4n) is 3.75. The Morgan fingerprint density at radius 3 is 2.58 bits per heavy atom. The van der Waals surface area contributed by atoms with Crippen LogP contribution in [-0.2, 0) is 14.8 Å². The molecule has 0 saturated carbocycles. The average molecular weight is 354 g/mol. The molecule has 9 heteroatoms. The van der Waals surface area contributed by atoms with E-state index in [2.05, 4.69) is 9.97 Å². The maximum atomic E-state index is 12.1. The van der Waals surface area contributed by atoms with Gasteiger partial charge in [0.2, 0.25) is 16.0 Å². The largest absolute Gasteiger partial charge is 0.481 e. The molecule has 1 aromatic heterocycles. The van der Waals surface area contributed by atoms with Gasteiger partial charge >= 0.3 is 5.97 Å². The van der Waals surface area contributed by atoms with Gasteiger partial charge in [-0.1, -0.05) is 0 Å². The van der Waals surface area contributed by atoms with E-state index in [4.69, 9.17) is 0 Å². The van der Waals surface area contributed by atoms with E-state index in [-0.39, 0.29) is 12.5 Å². The van der Waals surface area contributed by atoms with Crippen molar-refractivity contribution >= 4 is 21.9 Å². The number of rotatable bonds is 3. The standard InChI is InChI=1S/C15H22N4O4S/c1-11-6-16-14(17-7-11)18-8-12-9-19(24(2,22)23)5-3-4-15(12,10-18)13(20)21/h6-7,12H,3-5,8-10H2,1-2H3,(H,20,21)/t12-,15+/m0/s1. The Bertz CT molecular complexity index is 736. The molecule has 2 fully saturated rings. The van der Waals surface area contributed by atoms with Crippen LogP contribution in [0.5, 0.6) is 0 Å². The van der Waals surface area contributed by atoms with Crippen molar-refractivity contribution in [3.8, 4) is 0 Å². The molecule has 8 nitrogen and oxygen atoms in total. The summed E-state index contributed by atoms with van der Waals surface area (Å²) >= 11 is 0. The minimum absolute atomic E-state index is 0.230. The smallest absolute Gasteiger partial charge is 0.311 e. The van der Waals surface area contributed by atoms with Crippen LogP contribution in [0.3, 0.4) is 0 Å². The Hall–Kier alpha value is -1.74. The van der Waals surface area contributed by atoms with Crippen LogP contribution < -0.4 is 4.90 Å². The Labute approximate surface area is 141 Å². The average Bonchev–Trinajstić information content (AvgIpc) is 2.76. The maximum Gasteiger partial charge on any atom is 0.311 e. The van der Waals surface area contributed by atoms with Crippen LogP contribution in [0.15, 0.2) is 12.4 Å². The molecule has 24 heavy (non-hydrogen) atoms. The van der Waals surface area contributed by atoms with Crippen molar-refractivity contribution in [3.63, 3.8) is 0 Å². The van der Waals surface area contributed by atoms with Gasteiger partial charge in [0, 0.05) is 44.5 Å². The topological polar surface area (TPSA) is 104 Å². The number of carboxylic acids is 1. The Morgan fingerprint density at radius 2 is 2.00 bits per heavy atom. The predicted octanol–water partition coefficient (Wildman–Crippen LogP) is 0.348. The molecule has 0 unspecified atom stereocenters. The fourth-order valence-corrected chi connectivity index (χ4v) is 4.66. The van der Waals surface area contributed by atoms with E-state index in [0.29, 0.717) is 38.4 Å². The molecule has 2 atom stereocenters. The zero-order chi connectivity index (χ0) is 17.5. The summed E-state index contributed by atoms with van der Waals surface area (Å²) in [7, 11) is -3.34. The van der Waals surface area contributed by atoms with Crippen molar-refractivity contribution in [1.82, 2.24) is 14.3 Å². The van der Waals surface area contributed by atoms with Gasteiger partial charge < -0.3 is 10.0 Å². The fraction of sp³-hybridized carbons (Fsp3) is 0.667. The molecule has 0 amide bonds. The number of carbonyl (C=O) groups is 1. The van der Waals surface area contributed by atoms with Gasteiger partial charge in [0.1, 0.15) is 0 Å². The monoisotopic (exact) mass is 354 g/mol. The molecule has 2 aliphatic rings. The molecule has 2 saturated heterocycles. The van der Waals surface area contributed by atoms with Crippen LogP contribution in [0.4, 0.5) is 5.95 Å². The summed E-state index contributed by atoms with van der Waals surface area (Å²) in [6.07, 6.45) is 5.58. The van der Waals surface area contributed by atoms with Gasteiger partial charge in [-0.2, -0.15) is 0 Å². The van der Waals surface area contributed by atoms with Crippen LogP contribution in [0, 0.1) is 18.3 Å². The van der Waals surface area contributed by atoms with E-state index in [0.717, 1.165) is 5.56 Å². The maximum absolute atomic E-state index is 12.1. The number of carboxylic acid groups (broad SMARTS) is 1. The highest BCUT2D eigenvalue weighted by molar-refractivity contribution is 7.88. The van der Waals surface area contributed by atoms with Crippen LogP contribution in [0.1, 0.15) is 18.4 Å². The van der Waals surface area contributed by atoms with Crippen LogP contribution in [-0.4, -0.2) is 66.2 Å². The first-order chi connectivity index (χ1) is 11.2. The zero-order valence-corrected chi connectivity index (χ0v) is 14.7. The number of aryl methyl sites for hydroxylation is 1. The molecule has 132 valence electrons. The summed E-state index contributed by atoms with van der Waals surface area (Å²) in [5, 5.41) is 9.89. The lowest BCUT2D eigenvalue weighted by molar-refractivity contribution is -0.150. The summed E-state index contributed by atoms with van der Waals surface area (Å²) in [5.74, 6) is -0.644. The number of hydrogen-bond acceptors (Lipinski definition) is 6. The molecule has 0 bridgehead atoms. The highest BCUT2D eigenvalue weighted by Crippen LogP contribution is 2.44. The quantitative estimate of drug-likeness (QED) is 0.835. The number of anilines is 1. The second-order valence-electron chi connectivity index (χ2n) is 6.82. The summed E-state index contributed by atoms with van der Waals surface area (Å²) in [4.78, 5) is 22.5. The van der Waals surface area contributed by atoms with Crippen LogP contribution in [0.2, 0.25) is 0 Å². The van der Waals surface area contributed by atoms with Crippen LogP contribution >= 0.6 is 0 Å². The lowest BCUT2D eigenvalue weighted by Gasteiger charge is -2.28. The normalized spacial score (nSPS) is 28.4. The van der Waals surface area contributed by atoms with E-state index in [1.54, 1.807) is 12.4 Å². The molecule has 2 aliphatic heterocycles. The van der Waals surface area contributed by atoms with Crippen molar-refractivity contribution in [2.24, 2.45) is 11.3 Å². The van der Waals surface area contributed by atoms with Crippen molar-refractivity contribution < 1.29 is 18.3 Å².